The van der Waals surface area contributed by atoms with Crippen molar-refractivity contribution < 1.29 is 18.3 Å². The van der Waals surface area contributed by atoms with Crippen molar-refractivity contribution in [2.45, 2.75) is 438 Å². The van der Waals surface area contributed by atoms with Gasteiger partial charge in [0, 0.05) is 0 Å². The normalized spacial score (nSPS) is 15.4. The number of benzene rings is 1. The van der Waals surface area contributed by atoms with Crippen LogP contribution in [-0.4, -0.2) is 45.5 Å². The van der Waals surface area contributed by atoms with Crippen LogP contribution >= 0.6 is 88.9 Å². The van der Waals surface area contributed by atoms with Gasteiger partial charge in [0.25, 0.3) is 0 Å². The van der Waals surface area contributed by atoms with Gasteiger partial charge in [-0.05, 0) is 31.9 Å². The Morgan fingerprint density at radius 2 is 0.673 bits per heavy atom. The van der Waals surface area contributed by atoms with Crippen LogP contribution in [0.25, 0.3) is 30.5 Å². The molecule has 0 saturated heterocycles. The van der Waals surface area contributed by atoms with E-state index in [9.17, 15) is 8.78 Å². The monoisotopic (exact) mass is 1950 g/mol. The molecule has 110 heavy (non-hydrogen) atoms. The van der Waals surface area contributed by atoms with Crippen LogP contribution < -0.4 is 15.3 Å². The minimum absolute atomic E-state index is 0.0111. The fourth-order valence-electron chi connectivity index (χ4n) is 17.7. The first kappa shape index (κ1) is 98.7. The number of halogens is 4. The Hall–Kier alpha value is -0.143. The summed E-state index contributed by atoms with van der Waals surface area (Å²) in [5.74, 6) is 3.71. The molecule has 0 spiro atoms. The van der Waals surface area contributed by atoms with E-state index in [4.69, 9.17) is 9.47 Å². The quantitative estimate of drug-likeness (QED) is 0.0165. The first-order chi connectivity index (χ1) is 53.1. The fourth-order valence-corrected chi connectivity index (χ4v) is 62.3. The van der Waals surface area contributed by atoms with E-state index in [0.29, 0.717) is 11.0 Å². The maximum absolute atomic E-state index is 13.1. The Bertz CT molecular complexity index is 3350. The average Bonchev–Trinajstić information content (AvgIpc) is 1.55. The number of thiophene rings is 4. The standard InChI is InChI=1S/C34H55OS2.C31H49OS2.C6Br2F2N2S.6C4H9.2Sn/c1-4-6-8-10-12-14-16-18-20-22-25-34(26-23-21-19-17-15-13-11-9-7-5-2)30-24-27-36-32(30)33-31(35-34)28-29(3)37-33;1-8-23(4)12-10-14-25(6)16-19-31(18-15-24(5)13-9-11-22(2)3)27-17-20-33-29(27)30-28(32-31)21-26(7)34-30;7-1-3(9)4(10)2(8)6-5(1)11-13-12-6;6*1-3-4-2;;/h24,28H,4-23,25-26H2,1-3H3;17,21-25H,8-16,18-19H2,1-7H3;;6*1,3-4H2,2H3;;. The minimum atomic E-state index is -2.59. The van der Waals surface area contributed by atoms with Crippen molar-refractivity contribution in [2.24, 2.45) is 23.7 Å². The van der Waals surface area contributed by atoms with Crippen LogP contribution in [0.5, 0.6) is 11.5 Å². The molecule has 4 unspecified atom stereocenters. The molecule has 4 nitrogen and oxygen atoms in total. The van der Waals surface area contributed by atoms with E-state index in [0.717, 1.165) is 35.4 Å². The molecule has 0 N–H and O–H groups in total. The number of unbranched alkanes of at least 4 members (excludes halogenated alkanes) is 24. The van der Waals surface area contributed by atoms with Crippen LogP contribution in [0.2, 0.25) is 26.6 Å². The molecule has 0 aliphatic carbocycles. The second-order valence-electron chi connectivity index (χ2n) is 35.3. The summed E-state index contributed by atoms with van der Waals surface area (Å²) in [6.45, 7) is 38.4. The second-order valence-corrected chi connectivity index (χ2v) is 70.4. The topological polar surface area (TPSA) is 44.2 Å². The smallest absolute Gasteiger partial charge is 0.202 e. The van der Waals surface area contributed by atoms with Crippen LogP contribution in [-0.2, 0) is 11.2 Å². The SMILES string of the molecule is CCCCCCCCCCCCC1(CCCCCCCCCCCC)Oc2cc(C)sc2-c2s[c]([Sn]([CH2]CCC)([CH2]CCC)[CH2]CCC)cc21.CCC[CH2][Sn]([CH2]CCC)([CH2]CCC)[c]1cc2c(s1)-c1sc(C)cc1OC2(CCC(C)CCCC(C)C)CCC(C)CCCC(C)CC.Fc1c(F)c(Br)c2nsnc2c1Br. The summed E-state index contributed by atoms with van der Waals surface area (Å²) in [6, 6.07) is 10.5. The molecule has 2 aliphatic rings. The van der Waals surface area contributed by atoms with Crippen LogP contribution in [0.3, 0.4) is 0 Å². The van der Waals surface area contributed by atoms with E-state index in [1.165, 1.54) is 320 Å². The number of nitrogens with zero attached hydrogens (tertiary/aromatic N) is 2. The van der Waals surface area contributed by atoms with Gasteiger partial charge in [0.2, 0.25) is 0 Å². The van der Waals surface area contributed by atoms with Gasteiger partial charge in [-0.25, -0.2) is 8.78 Å². The van der Waals surface area contributed by atoms with Gasteiger partial charge in [0.05, 0.1) is 20.7 Å². The average molecular weight is 1960 g/mol. The molecule has 626 valence electrons. The summed E-state index contributed by atoms with van der Waals surface area (Å²) in [5.41, 5.74) is 3.64. The van der Waals surface area contributed by atoms with Gasteiger partial charge >= 0.3 is 575 Å². The molecule has 15 heteroatoms. The van der Waals surface area contributed by atoms with Gasteiger partial charge in [0.15, 0.2) is 11.6 Å². The number of rotatable bonds is 57. The predicted molar refractivity (Wildman–Crippen MR) is 503 cm³/mol. The molecule has 4 atom stereocenters. The van der Waals surface area contributed by atoms with E-state index in [1.54, 1.807) is 47.5 Å². The zero-order valence-electron chi connectivity index (χ0n) is 72.9. The zero-order valence-corrected chi connectivity index (χ0v) is 85.9. The Balaban J connectivity index is 0.000000294. The Labute approximate surface area is 719 Å². The van der Waals surface area contributed by atoms with Crippen LogP contribution in [0.4, 0.5) is 8.78 Å². The van der Waals surface area contributed by atoms with E-state index >= 15 is 0 Å². The molecule has 0 radical (unpaired) electrons. The summed E-state index contributed by atoms with van der Waals surface area (Å²) in [4.78, 5) is 9.02. The van der Waals surface area contributed by atoms with Crippen molar-refractivity contribution in [3.8, 4) is 31.0 Å². The van der Waals surface area contributed by atoms with Gasteiger partial charge in [0.1, 0.15) is 11.0 Å². The number of aryl methyl sites for hydroxylation is 2. The molecule has 5 aromatic heterocycles. The second kappa shape index (κ2) is 53.5. The summed E-state index contributed by atoms with van der Waals surface area (Å²) in [6.07, 6.45) is 61.5. The number of ether oxygens (including phenoxy) is 2. The molecule has 2 aliphatic heterocycles. The molecule has 8 rings (SSSR count). The van der Waals surface area contributed by atoms with Gasteiger partial charge in [-0.1, -0.05) is 59.3 Å². The fraction of sp³-hybridized carbons (Fsp3) is 0.768. The predicted octanol–water partition coefficient (Wildman–Crippen LogP) is 35.8. The van der Waals surface area contributed by atoms with Gasteiger partial charge in [-0.3, -0.25) is 0 Å². The number of aromatic nitrogens is 2. The molecular weight excluding hydrogens is 1800 g/mol. The van der Waals surface area contributed by atoms with Crippen LogP contribution in [0.1, 0.15) is 407 Å². The maximum atomic E-state index is 13.1. The van der Waals surface area contributed by atoms with E-state index in [1.807, 2.05) is 28.5 Å². The first-order valence-corrected chi connectivity index (χ1v) is 66.5. The number of fused-ring (bicyclic) bond motifs is 7. The Morgan fingerprint density at radius 1 is 0.364 bits per heavy atom. The molecular formula is C95H158Br2F2N2O2S5Sn2. The Morgan fingerprint density at radius 3 is 1.00 bits per heavy atom. The van der Waals surface area contributed by atoms with E-state index in [-0.39, 0.29) is 20.1 Å². The van der Waals surface area contributed by atoms with Crippen molar-refractivity contribution in [3.63, 3.8) is 0 Å². The third-order valence-corrected chi connectivity index (χ3v) is 68.3. The van der Waals surface area contributed by atoms with Crippen molar-refractivity contribution >= 4 is 143 Å². The van der Waals surface area contributed by atoms with Crippen molar-refractivity contribution in [1.82, 2.24) is 8.75 Å². The number of hydrogen-bond acceptors (Lipinski definition) is 9. The van der Waals surface area contributed by atoms with Gasteiger partial charge in [-0.15, -0.1) is 0 Å². The van der Waals surface area contributed by atoms with E-state index in [2.05, 4.69) is 198 Å². The van der Waals surface area contributed by atoms with Gasteiger partial charge < -0.3 is 0 Å². The third-order valence-electron chi connectivity index (χ3n) is 25.2. The van der Waals surface area contributed by atoms with Gasteiger partial charge in [-0.2, -0.15) is 8.75 Å². The minimum Gasteiger partial charge on any atom is -0.202 e. The molecule has 0 amide bonds. The number of hydrogen-bond donors (Lipinski definition) is 0. The zero-order chi connectivity index (χ0) is 80.0. The van der Waals surface area contributed by atoms with Crippen molar-refractivity contribution in [3.05, 3.63) is 65.7 Å². The first-order valence-electron chi connectivity index (χ1n) is 46.0. The van der Waals surface area contributed by atoms with Crippen LogP contribution in [0.15, 0.2) is 33.2 Å². The van der Waals surface area contributed by atoms with Crippen molar-refractivity contribution in [1.29, 1.82) is 0 Å². The summed E-state index contributed by atoms with van der Waals surface area (Å²) >= 11 is 10.1. The Kier molecular flexibility index (Phi) is 48.0. The molecule has 1 aromatic carbocycles. The molecule has 6 aromatic rings. The molecule has 0 fully saturated rings. The molecule has 0 bridgehead atoms. The molecule has 0 saturated carbocycles. The summed E-state index contributed by atoms with van der Waals surface area (Å²) < 4.78 is 61.9. The van der Waals surface area contributed by atoms with Crippen molar-refractivity contribution in [2.75, 3.05) is 0 Å². The van der Waals surface area contributed by atoms with Crippen LogP contribution in [0, 0.1) is 49.2 Å². The third kappa shape index (κ3) is 30.2. The molecule has 7 heterocycles. The summed E-state index contributed by atoms with van der Waals surface area (Å²) in [7, 11) is 0. The summed E-state index contributed by atoms with van der Waals surface area (Å²) in [5, 5.41) is 0. The van der Waals surface area contributed by atoms with E-state index < -0.39 is 48.4 Å².